The van der Waals surface area contributed by atoms with Crippen LogP contribution in [0, 0.1) is 11.6 Å². The maximum absolute atomic E-state index is 13.7. The average molecular weight is 320 g/mol. The highest BCUT2D eigenvalue weighted by atomic mass is 19.1. The second-order valence-corrected chi connectivity index (χ2v) is 4.78. The van der Waals surface area contributed by atoms with E-state index in [0.717, 1.165) is 12.1 Å². The lowest BCUT2D eigenvalue weighted by Crippen LogP contribution is -2.28. The summed E-state index contributed by atoms with van der Waals surface area (Å²) >= 11 is 0. The second-order valence-electron chi connectivity index (χ2n) is 4.78. The van der Waals surface area contributed by atoms with Crippen molar-refractivity contribution in [2.24, 2.45) is 0 Å². The molecule has 1 atom stereocenters. The first-order valence-corrected chi connectivity index (χ1v) is 6.72. The Labute approximate surface area is 131 Å². The van der Waals surface area contributed by atoms with Gasteiger partial charge in [0, 0.05) is 17.8 Å². The zero-order valence-corrected chi connectivity index (χ0v) is 12.5. The summed E-state index contributed by atoms with van der Waals surface area (Å²) in [5.41, 5.74) is 0.430. The van der Waals surface area contributed by atoms with Gasteiger partial charge >= 0.3 is 5.97 Å². The van der Waals surface area contributed by atoms with E-state index in [0.29, 0.717) is 0 Å². The minimum Gasteiger partial charge on any atom is -0.465 e. The molecule has 2 aromatic rings. The Kier molecular flexibility index (Phi) is 5.00. The summed E-state index contributed by atoms with van der Waals surface area (Å²) in [5.74, 6) is -2.54. The Balaban J connectivity index is 2.10. The van der Waals surface area contributed by atoms with Gasteiger partial charge in [0.05, 0.1) is 18.7 Å². The molecule has 0 aliphatic carbocycles. The van der Waals surface area contributed by atoms with Crippen molar-refractivity contribution in [3.8, 4) is 0 Å². The molecule has 0 spiro atoms. The fraction of sp³-hybridized carbons (Fsp3) is 0.188. The molecule has 120 valence electrons. The van der Waals surface area contributed by atoms with E-state index in [2.05, 4.69) is 15.0 Å². The number of nitrogens with zero attached hydrogens (tertiary/aromatic N) is 1. The van der Waals surface area contributed by atoms with Gasteiger partial charge in [0.1, 0.15) is 17.3 Å². The van der Waals surface area contributed by atoms with E-state index in [1.165, 1.54) is 31.5 Å². The lowest BCUT2D eigenvalue weighted by atomic mass is 10.1. The third-order valence-corrected chi connectivity index (χ3v) is 3.19. The first-order valence-electron chi connectivity index (χ1n) is 6.72. The van der Waals surface area contributed by atoms with E-state index >= 15 is 0 Å². The van der Waals surface area contributed by atoms with Gasteiger partial charge in [0.25, 0.3) is 5.91 Å². The molecular weight excluding hydrogens is 306 g/mol. The van der Waals surface area contributed by atoms with Crippen molar-refractivity contribution in [2.45, 2.75) is 13.0 Å². The summed E-state index contributed by atoms with van der Waals surface area (Å²) in [5, 5.41) is 2.56. The van der Waals surface area contributed by atoms with Crippen molar-refractivity contribution in [1.29, 1.82) is 0 Å². The number of halogens is 2. The fourth-order valence-corrected chi connectivity index (χ4v) is 1.97. The molecule has 1 unspecified atom stereocenters. The third-order valence-electron chi connectivity index (χ3n) is 3.19. The van der Waals surface area contributed by atoms with Gasteiger partial charge in [-0.2, -0.15) is 0 Å². The van der Waals surface area contributed by atoms with Gasteiger partial charge in [-0.1, -0.05) is 6.07 Å². The molecular formula is C16H14F2N2O3. The highest BCUT2D eigenvalue weighted by Gasteiger charge is 2.16. The largest absolute Gasteiger partial charge is 0.465 e. The number of methoxy groups -OCH3 is 1. The van der Waals surface area contributed by atoms with Crippen molar-refractivity contribution >= 4 is 11.9 Å². The quantitative estimate of drug-likeness (QED) is 0.879. The van der Waals surface area contributed by atoms with Crippen LogP contribution in [0.5, 0.6) is 0 Å². The molecule has 0 radical (unpaired) electrons. The van der Waals surface area contributed by atoms with E-state index < -0.39 is 29.6 Å². The number of esters is 1. The van der Waals surface area contributed by atoms with Crippen LogP contribution in [0.25, 0.3) is 0 Å². The molecule has 1 aromatic carbocycles. The molecule has 1 aromatic heterocycles. The normalized spacial score (nSPS) is 11.7. The Morgan fingerprint density at radius 3 is 2.52 bits per heavy atom. The van der Waals surface area contributed by atoms with Crippen molar-refractivity contribution < 1.29 is 23.1 Å². The summed E-state index contributed by atoms with van der Waals surface area (Å²) in [6.45, 7) is 1.57. The zero-order chi connectivity index (χ0) is 17.0. The van der Waals surface area contributed by atoms with Crippen molar-refractivity contribution in [3.05, 3.63) is 65.0 Å². The lowest BCUT2D eigenvalue weighted by Gasteiger charge is -2.15. The molecule has 0 bridgehead atoms. The molecule has 5 nitrogen and oxygen atoms in total. The first-order chi connectivity index (χ1) is 10.9. The van der Waals surface area contributed by atoms with Gasteiger partial charge in [0.15, 0.2) is 0 Å². The van der Waals surface area contributed by atoms with E-state index in [1.807, 2.05) is 0 Å². The van der Waals surface area contributed by atoms with E-state index in [9.17, 15) is 18.4 Å². The van der Waals surface area contributed by atoms with Gasteiger partial charge in [-0.15, -0.1) is 0 Å². The first kappa shape index (κ1) is 16.5. The maximum atomic E-state index is 13.7. The lowest BCUT2D eigenvalue weighted by molar-refractivity contribution is 0.0599. The molecule has 1 amide bonds. The van der Waals surface area contributed by atoms with Crippen LogP contribution in [0.15, 0.2) is 36.5 Å². The fourth-order valence-electron chi connectivity index (χ4n) is 1.97. The van der Waals surface area contributed by atoms with E-state index in [1.54, 1.807) is 6.92 Å². The SMILES string of the molecule is COC(=O)c1ccc(C(=O)NC(C)c2ccc(F)cc2F)nc1. The van der Waals surface area contributed by atoms with Crippen molar-refractivity contribution in [2.75, 3.05) is 7.11 Å². The smallest absolute Gasteiger partial charge is 0.339 e. The topological polar surface area (TPSA) is 68.3 Å². The standard InChI is InChI=1S/C16H14F2N2O3/c1-9(12-5-4-11(17)7-13(12)18)20-15(21)14-6-3-10(8-19-14)16(22)23-2/h3-9H,1-2H3,(H,20,21). The minimum absolute atomic E-state index is 0.0621. The van der Waals surface area contributed by atoms with Crippen molar-refractivity contribution in [3.63, 3.8) is 0 Å². The molecule has 23 heavy (non-hydrogen) atoms. The number of amides is 1. The number of nitrogens with one attached hydrogen (secondary N) is 1. The van der Waals surface area contributed by atoms with Crippen LogP contribution in [0.1, 0.15) is 39.4 Å². The minimum atomic E-state index is -0.744. The molecule has 0 saturated carbocycles. The molecule has 0 saturated heterocycles. The number of hydrogen-bond acceptors (Lipinski definition) is 4. The van der Waals surface area contributed by atoms with Gasteiger partial charge < -0.3 is 10.1 Å². The Morgan fingerprint density at radius 1 is 1.22 bits per heavy atom. The molecule has 1 N–H and O–H groups in total. The number of carbonyl (C=O) groups excluding carboxylic acids is 2. The van der Waals surface area contributed by atoms with Crippen molar-refractivity contribution in [1.82, 2.24) is 10.3 Å². The summed E-state index contributed by atoms with van der Waals surface area (Å²) < 4.78 is 31.1. The second kappa shape index (κ2) is 6.95. The summed E-state index contributed by atoms with van der Waals surface area (Å²) in [4.78, 5) is 27.2. The van der Waals surface area contributed by atoms with Gasteiger partial charge in [0.2, 0.25) is 0 Å². The number of carbonyl (C=O) groups is 2. The highest BCUT2D eigenvalue weighted by Crippen LogP contribution is 2.18. The summed E-state index contributed by atoms with van der Waals surface area (Å²) in [6, 6.07) is 5.21. The number of benzene rings is 1. The molecule has 0 fully saturated rings. The van der Waals surface area contributed by atoms with Crippen LogP contribution in [0.4, 0.5) is 8.78 Å². The number of pyridine rings is 1. The van der Waals surface area contributed by atoms with Gasteiger partial charge in [-0.25, -0.2) is 13.6 Å². The predicted molar refractivity (Wildman–Crippen MR) is 77.8 cm³/mol. The van der Waals surface area contributed by atoms with Crippen LogP contribution in [-0.4, -0.2) is 24.0 Å². The molecule has 2 rings (SSSR count). The molecule has 0 aliphatic rings. The Bertz CT molecular complexity index is 733. The van der Waals surface area contributed by atoms with Crippen LogP contribution >= 0.6 is 0 Å². The van der Waals surface area contributed by atoms with Crippen LogP contribution in [0.2, 0.25) is 0 Å². The van der Waals surface area contributed by atoms with Gasteiger partial charge in [-0.05, 0) is 25.1 Å². The molecule has 1 heterocycles. The van der Waals surface area contributed by atoms with E-state index in [4.69, 9.17) is 0 Å². The third kappa shape index (κ3) is 3.88. The zero-order valence-electron chi connectivity index (χ0n) is 12.5. The number of ether oxygens (including phenoxy) is 1. The number of hydrogen-bond donors (Lipinski definition) is 1. The van der Waals surface area contributed by atoms with E-state index in [-0.39, 0.29) is 16.8 Å². The van der Waals surface area contributed by atoms with Crippen LogP contribution in [-0.2, 0) is 4.74 Å². The van der Waals surface area contributed by atoms with Crippen LogP contribution in [0.3, 0.4) is 0 Å². The number of aromatic nitrogens is 1. The maximum Gasteiger partial charge on any atom is 0.339 e. The Hall–Kier alpha value is -2.83. The molecule has 7 heteroatoms. The highest BCUT2D eigenvalue weighted by molar-refractivity contribution is 5.94. The number of rotatable bonds is 4. The summed E-state index contributed by atoms with van der Waals surface area (Å²) in [7, 11) is 1.24. The van der Waals surface area contributed by atoms with Crippen LogP contribution < -0.4 is 5.32 Å². The molecule has 0 aliphatic heterocycles. The monoisotopic (exact) mass is 320 g/mol. The Morgan fingerprint density at radius 2 is 1.96 bits per heavy atom. The van der Waals surface area contributed by atoms with Gasteiger partial charge in [-0.3, -0.25) is 9.78 Å². The summed E-state index contributed by atoms with van der Waals surface area (Å²) in [6.07, 6.45) is 1.21. The average Bonchev–Trinajstić information content (AvgIpc) is 2.54. The predicted octanol–water partition coefficient (Wildman–Crippen LogP) is 2.64.